The molecule has 2 aromatic rings. The Morgan fingerprint density at radius 1 is 1.35 bits per heavy atom. The lowest BCUT2D eigenvalue weighted by molar-refractivity contribution is -0.384. The third-order valence-electron chi connectivity index (χ3n) is 2.23. The van der Waals surface area contributed by atoms with E-state index < -0.39 is 4.92 Å². The van der Waals surface area contributed by atoms with Crippen molar-refractivity contribution in [2.75, 3.05) is 12.4 Å². The summed E-state index contributed by atoms with van der Waals surface area (Å²) in [6, 6.07) is 8.05. The van der Waals surface area contributed by atoms with Crippen molar-refractivity contribution in [2.45, 2.75) is 0 Å². The third-order valence-corrected chi connectivity index (χ3v) is 2.23. The highest BCUT2D eigenvalue weighted by Gasteiger charge is 2.08. The fourth-order valence-corrected chi connectivity index (χ4v) is 1.42. The Bertz CT molecular complexity index is 557. The number of rotatable bonds is 3. The van der Waals surface area contributed by atoms with Gasteiger partial charge < -0.3 is 5.32 Å². The maximum Gasteiger partial charge on any atom is 0.270 e. The van der Waals surface area contributed by atoms with E-state index in [2.05, 4.69) is 15.3 Å². The number of nitro groups is 1. The molecule has 0 aliphatic rings. The van der Waals surface area contributed by atoms with Gasteiger partial charge in [-0.1, -0.05) is 12.1 Å². The maximum absolute atomic E-state index is 10.7. The molecule has 0 amide bonds. The van der Waals surface area contributed by atoms with Crippen LogP contribution in [-0.2, 0) is 0 Å². The molecule has 0 radical (unpaired) electrons. The number of nitrogens with zero attached hydrogens (tertiary/aromatic N) is 3. The highest BCUT2D eigenvalue weighted by Crippen LogP contribution is 2.22. The van der Waals surface area contributed by atoms with Gasteiger partial charge in [-0.3, -0.25) is 10.1 Å². The molecule has 2 rings (SSSR count). The molecule has 0 saturated heterocycles. The summed E-state index contributed by atoms with van der Waals surface area (Å²) in [6.45, 7) is 0. The molecule has 1 aromatic heterocycles. The van der Waals surface area contributed by atoms with Crippen molar-refractivity contribution in [1.82, 2.24) is 9.97 Å². The lowest BCUT2D eigenvalue weighted by Gasteiger charge is -2.02. The number of nitrogens with one attached hydrogen (secondary N) is 1. The minimum absolute atomic E-state index is 0.0483. The van der Waals surface area contributed by atoms with E-state index in [9.17, 15) is 10.1 Å². The summed E-state index contributed by atoms with van der Waals surface area (Å²) in [4.78, 5) is 18.4. The second-order valence-electron chi connectivity index (χ2n) is 3.32. The van der Waals surface area contributed by atoms with Crippen LogP contribution >= 0.6 is 0 Å². The minimum Gasteiger partial charge on any atom is -0.357 e. The van der Waals surface area contributed by atoms with Gasteiger partial charge in [-0.2, -0.15) is 0 Å². The first-order valence-electron chi connectivity index (χ1n) is 4.96. The van der Waals surface area contributed by atoms with Crippen LogP contribution in [0.3, 0.4) is 0 Å². The Kier molecular flexibility index (Phi) is 2.95. The van der Waals surface area contributed by atoms with E-state index in [1.165, 1.54) is 12.1 Å². The van der Waals surface area contributed by atoms with Crippen molar-refractivity contribution in [3.63, 3.8) is 0 Å². The average molecular weight is 230 g/mol. The van der Waals surface area contributed by atoms with Crippen molar-refractivity contribution >= 4 is 11.6 Å². The molecule has 17 heavy (non-hydrogen) atoms. The molecule has 0 spiro atoms. The van der Waals surface area contributed by atoms with Gasteiger partial charge >= 0.3 is 0 Å². The summed E-state index contributed by atoms with van der Waals surface area (Å²) in [5, 5.41) is 13.5. The Morgan fingerprint density at radius 3 is 2.88 bits per heavy atom. The Labute approximate surface area is 97.5 Å². The Balaban J connectivity index is 2.45. The summed E-state index contributed by atoms with van der Waals surface area (Å²) >= 11 is 0. The lowest BCUT2D eigenvalue weighted by atomic mass is 10.1. The van der Waals surface area contributed by atoms with Crippen LogP contribution in [0.4, 0.5) is 11.6 Å². The maximum atomic E-state index is 10.7. The topological polar surface area (TPSA) is 81.0 Å². The first kappa shape index (κ1) is 11.0. The predicted octanol–water partition coefficient (Wildman–Crippen LogP) is 2.09. The highest BCUT2D eigenvalue weighted by molar-refractivity contribution is 5.63. The van der Waals surface area contributed by atoms with Crippen molar-refractivity contribution in [3.8, 4) is 11.3 Å². The number of hydrogen-bond donors (Lipinski definition) is 1. The summed E-state index contributed by atoms with van der Waals surface area (Å²) < 4.78 is 0. The fraction of sp³-hybridized carbons (Fsp3) is 0.0909. The summed E-state index contributed by atoms with van der Waals surface area (Å²) in [5.74, 6) is 0.481. The molecule has 0 fully saturated rings. The van der Waals surface area contributed by atoms with Gasteiger partial charge in [0.25, 0.3) is 5.69 Å². The molecule has 1 heterocycles. The quantitative estimate of drug-likeness (QED) is 0.645. The summed E-state index contributed by atoms with van der Waals surface area (Å²) in [5.41, 5.74) is 1.39. The molecule has 0 atom stereocenters. The van der Waals surface area contributed by atoms with Crippen LogP contribution in [0.25, 0.3) is 11.3 Å². The molecular weight excluding hydrogens is 220 g/mol. The number of benzene rings is 1. The summed E-state index contributed by atoms with van der Waals surface area (Å²) in [6.07, 6.45) is 1.60. The number of anilines is 1. The molecule has 1 aromatic carbocycles. The van der Waals surface area contributed by atoms with E-state index in [0.29, 0.717) is 17.2 Å². The second-order valence-corrected chi connectivity index (χ2v) is 3.32. The monoisotopic (exact) mass is 230 g/mol. The zero-order chi connectivity index (χ0) is 12.3. The SMILES string of the molecule is CNc1nccc(-c2cccc([N+](=O)[O-])c2)n1. The largest absolute Gasteiger partial charge is 0.357 e. The van der Waals surface area contributed by atoms with Crippen molar-refractivity contribution in [2.24, 2.45) is 0 Å². The number of aromatic nitrogens is 2. The average Bonchev–Trinajstić information content (AvgIpc) is 2.39. The van der Waals surface area contributed by atoms with Crippen molar-refractivity contribution in [3.05, 3.63) is 46.6 Å². The molecule has 0 saturated carbocycles. The van der Waals surface area contributed by atoms with Crippen LogP contribution < -0.4 is 5.32 Å². The van der Waals surface area contributed by atoms with Crippen LogP contribution in [0.1, 0.15) is 0 Å². The van der Waals surface area contributed by atoms with E-state index in [-0.39, 0.29) is 5.69 Å². The third kappa shape index (κ3) is 2.36. The van der Waals surface area contributed by atoms with Crippen LogP contribution in [0, 0.1) is 10.1 Å². The first-order valence-corrected chi connectivity index (χ1v) is 4.96. The fourth-order valence-electron chi connectivity index (χ4n) is 1.42. The van der Waals surface area contributed by atoms with Crippen LogP contribution in [0.2, 0.25) is 0 Å². The molecule has 86 valence electrons. The number of non-ortho nitro benzene ring substituents is 1. The molecule has 1 N–H and O–H groups in total. The van der Waals surface area contributed by atoms with Crippen LogP contribution in [-0.4, -0.2) is 21.9 Å². The van der Waals surface area contributed by atoms with E-state index in [0.717, 1.165) is 0 Å². The summed E-state index contributed by atoms with van der Waals surface area (Å²) in [7, 11) is 1.71. The Morgan fingerprint density at radius 2 is 2.18 bits per heavy atom. The van der Waals surface area contributed by atoms with Crippen LogP contribution in [0.15, 0.2) is 36.5 Å². The van der Waals surface area contributed by atoms with E-state index >= 15 is 0 Å². The molecule has 0 unspecified atom stereocenters. The van der Waals surface area contributed by atoms with Gasteiger partial charge in [0, 0.05) is 30.9 Å². The first-order chi connectivity index (χ1) is 8.20. The molecule has 6 nitrogen and oxygen atoms in total. The molecule has 0 aliphatic heterocycles. The zero-order valence-corrected chi connectivity index (χ0v) is 9.12. The second kappa shape index (κ2) is 4.56. The smallest absolute Gasteiger partial charge is 0.270 e. The zero-order valence-electron chi connectivity index (χ0n) is 9.12. The van der Waals surface area contributed by atoms with Crippen molar-refractivity contribution < 1.29 is 4.92 Å². The standard InChI is InChI=1S/C11H10N4O2/c1-12-11-13-6-5-10(14-11)8-3-2-4-9(7-8)15(16)17/h2-7H,1H3,(H,12,13,14). The van der Waals surface area contributed by atoms with Crippen molar-refractivity contribution in [1.29, 1.82) is 0 Å². The predicted molar refractivity (Wildman–Crippen MR) is 63.7 cm³/mol. The minimum atomic E-state index is -0.427. The van der Waals surface area contributed by atoms with Gasteiger partial charge in [-0.15, -0.1) is 0 Å². The Hall–Kier alpha value is -2.50. The lowest BCUT2D eigenvalue weighted by Crippen LogP contribution is -1.97. The molecule has 0 aliphatic carbocycles. The molecular formula is C11H10N4O2. The van der Waals surface area contributed by atoms with Gasteiger partial charge in [0.2, 0.25) is 5.95 Å². The normalized spacial score (nSPS) is 9.94. The van der Waals surface area contributed by atoms with E-state index in [1.807, 2.05) is 0 Å². The number of nitro benzene ring substituents is 1. The molecule has 0 bridgehead atoms. The van der Waals surface area contributed by atoms with Gasteiger partial charge in [0.1, 0.15) is 0 Å². The number of hydrogen-bond acceptors (Lipinski definition) is 5. The van der Waals surface area contributed by atoms with E-state index in [1.54, 1.807) is 31.4 Å². The van der Waals surface area contributed by atoms with Gasteiger partial charge in [-0.25, -0.2) is 9.97 Å². The van der Waals surface area contributed by atoms with Gasteiger partial charge in [-0.05, 0) is 6.07 Å². The molecule has 6 heteroatoms. The van der Waals surface area contributed by atoms with Crippen LogP contribution in [0.5, 0.6) is 0 Å². The van der Waals surface area contributed by atoms with Gasteiger partial charge in [0.15, 0.2) is 0 Å². The van der Waals surface area contributed by atoms with E-state index in [4.69, 9.17) is 0 Å². The van der Waals surface area contributed by atoms with Gasteiger partial charge in [0.05, 0.1) is 10.6 Å². The highest BCUT2D eigenvalue weighted by atomic mass is 16.6.